The van der Waals surface area contributed by atoms with Crippen LogP contribution in [0.4, 0.5) is 0 Å². The molecule has 0 aliphatic carbocycles. The van der Waals surface area contributed by atoms with Crippen molar-refractivity contribution in [3.63, 3.8) is 0 Å². The Morgan fingerprint density at radius 3 is 2.10 bits per heavy atom. The molecule has 0 saturated carbocycles. The maximum absolute atomic E-state index is 13.0. The van der Waals surface area contributed by atoms with Crippen molar-refractivity contribution >= 4 is 5.91 Å². The molecular weight excluding hydrogens is 262 g/mol. The number of hydrogen-bond donors (Lipinski definition) is 1. The Morgan fingerprint density at radius 1 is 1.19 bits per heavy atom. The van der Waals surface area contributed by atoms with Gasteiger partial charge in [0.15, 0.2) is 0 Å². The number of likely N-dealkylation sites (tertiary alicyclic amines) is 1. The zero-order valence-corrected chi connectivity index (χ0v) is 14.5. The number of rotatable bonds is 8. The molecule has 1 rings (SSSR count). The summed E-state index contributed by atoms with van der Waals surface area (Å²) in [6.07, 6.45) is 6.16. The maximum atomic E-state index is 13.0. The Labute approximate surface area is 131 Å². The number of nitrogens with two attached hydrogens (primary N) is 1. The van der Waals surface area contributed by atoms with Crippen LogP contribution in [-0.4, -0.2) is 56.0 Å². The smallest absolute Gasteiger partial charge is 0.230 e. The van der Waals surface area contributed by atoms with Gasteiger partial charge in [0, 0.05) is 26.2 Å². The third-order valence-corrected chi connectivity index (χ3v) is 4.83. The van der Waals surface area contributed by atoms with Gasteiger partial charge in [0.1, 0.15) is 0 Å². The first kappa shape index (κ1) is 18.4. The monoisotopic (exact) mass is 297 g/mol. The molecule has 0 aromatic rings. The van der Waals surface area contributed by atoms with Gasteiger partial charge < -0.3 is 15.5 Å². The number of hydrogen-bond acceptors (Lipinski definition) is 3. The van der Waals surface area contributed by atoms with Gasteiger partial charge in [0.05, 0.1) is 5.41 Å². The quantitative estimate of drug-likeness (QED) is 0.748. The van der Waals surface area contributed by atoms with E-state index >= 15 is 0 Å². The zero-order chi connectivity index (χ0) is 15.9. The van der Waals surface area contributed by atoms with Crippen LogP contribution in [0.2, 0.25) is 0 Å². The molecule has 2 N–H and O–H groups in total. The largest absolute Gasteiger partial charge is 0.342 e. The van der Waals surface area contributed by atoms with Crippen LogP contribution in [-0.2, 0) is 4.79 Å². The van der Waals surface area contributed by atoms with Gasteiger partial charge in [-0.25, -0.2) is 0 Å². The molecule has 0 radical (unpaired) electrons. The van der Waals surface area contributed by atoms with Crippen molar-refractivity contribution in [3.05, 3.63) is 0 Å². The molecule has 0 bridgehead atoms. The summed E-state index contributed by atoms with van der Waals surface area (Å²) in [6, 6.07) is 0. The van der Waals surface area contributed by atoms with Crippen LogP contribution >= 0.6 is 0 Å². The van der Waals surface area contributed by atoms with Crippen molar-refractivity contribution in [2.75, 3.05) is 40.3 Å². The van der Waals surface area contributed by atoms with Gasteiger partial charge in [-0.15, -0.1) is 0 Å². The summed E-state index contributed by atoms with van der Waals surface area (Å²) in [5, 5.41) is 0. The average molecular weight is 297 g/mol. The van der Waals surface area contributed by atoms with Gasteiger partial charge in [-0.3, -0.25) is 4.79 Å². The third kappa shape index (κ3) is 4.96. The SMILES string of the molecule is CCCC(CN)(CCC)C(=O)N1CCC(CN(C)C)CC1. The van der Waals surface area contributed by atoms with E-state index < -0.39 is 0 Å². The summed E-state index contributed by atoms with van der Waals surface area (Å²) < 4.78 is 0. The lowest BCUT2D eigenvalue weighted by Crippen LogP contribution is -2.51. The number of carbonyl (C=O) groups excluding carboxylic acids is 1. The van der Waals surface area contributed by atoms with E-state index in [9.17, 15) is 4.79 Å². The first-order valence-electron chi connectivity index (χ1n) is 8.63. The number of amides is 1. The van der Waals surface area contributed by atoms with Crippen molar-refractivity contribution in [1.29, 1.82) is 0 Å². The first-order chi connectivity index (χ1) is 9.99. The van der Waals surface area contributed by atoms with Crippen molar-refractivity contribution in [1.82, 2.24) is 9.80 Å². The summed E-state index contributed by atoms with van der Waals surface area (Å²) in [6.45, 7) is 7.74. The maximum Gasteiger partial charge on any atom is 0.230 e. The fraction of sp³-hybridized carbons (Fsp3) is 0.941. The van der Waals surface area contributed by atoms with Crippen LogP contribution in [0.3, 0.4) is 0 Å². The fourth-order valence-corrected chi connectivity index (χ4v) is 3.76. The Bertz CT molecular complexity index is 303. The highest BCUT2D eigenvalue weighted by Gasteiger charge is 2.39. The van der Waals surface area contributed by atoms with E-state index in [1.807, 2.05) is 0 Å². The minimum absolute atomic E-state index is 0.308. The van der Waals surface area contributed by atoms with Crippen LogP contribution in [0.1, 0.15) is 52.4 Å². The summed E-state index contributed by atoms with van der Waals surface area (Å²) in [4.78, 5) is 17.3. The Hall–Kier alpha value is -0.610. The summed E-state index contributed by atoms with van der Waals surface area (Å²) in [5.74, 6) is 1.05. The molecule has 4 nitrogen and oxygen atoms in total. The number of nitrogens with zero attached hydrogens (tertiary/aromatic N) is 2. The molecular formula is C17H35N3O. The highest BCUT2D eigenvalue weighted by atomic mass is 16.2. The third-order valence-electron chi connectivity index (χ3n) is 4.83. The minimum Gasteiger partial charge on any atom is -0.342 e. The van der Waals surface area contributed by atoms with Gasteiger partial charge >= 0.3 is 0 Å². The number of carbonyl (C=O) groups is 1. The second-order valence-corrected chi connectivity index (χ2v) is 6.98. The summed E-state index contributed by atoms with van der Waals surface area (Å²) >= 11 is 0. The van der Waals surface area contributed by atoms with E-state index in [0.717, 1.165) is 64.1 Å². The van der Waals surface area contributed by atoms with Gasteiger partial charge in [-0.05, 0) is 45.7 Å². The lowest BCUT2D eigenvalue weighted by atomic mass is 9.77. The van der Waals surface area contributed by atoms with E-state index in [-0.39, 0.29) is 5.41 Å². The predicted molar refractivity (Wildman–Crippen MR) is 89.2 cm³/mol. The highest BCUT2D eigenvalue weighted by Crippen LogP contribution is 2.33. The standard InChI is InChI=1S/C17H35N3O/c1-5-9-17(14-18,10-6-2)16(21)20-11-7-15(8-12-20)13-19(3)4/h15H,5-14,18H2,1-4H3. The molecule has 0 atom stereocenters. The molecule has 0 aromatic heterocycles. The van der Waals surface area contributed by atoms with E-state index in [0.29, 0.717) is 12.5 Å². The summed E-state index contributed by atoms with van der Waals surface area (Å²) in [5.41, 5.74) is 5.72. The van der Waals surface area contributed by atoms with Crippen molar-refractivity contribution in [2.24, 2.45) is 17.1 Å². The van der Waals surface area contributed by atoms with Crippen molar-refractivity contribution in [3.8, 4) is 0 Å². The van der Waals surface area contributed by atoms with Gasteiger partial charge in [-0.1, -0.05) is 26.7 Å². The molecule has 1 aliphatic rings. The molecule has 124 valence electrons. The molecule has 1 aliphatic heterocycles. The van der Waals surface area contributed by atoms with Gasteiger partial charge in [0.25, 0.3) is 0 Å². The lowest BCUT2D eigenvalue weighted by molar-refractivity contribution is -0.144. The molecule has 1 saturated heterocycles. The average Bonchev–Trinajstić information content (AvgIpc) is 2.46. The Balaban J connectivity index is 2.65. The van der Waals surface area contributed by atoms with Crippen LogP contribution in [0.5, 0.6) is 0 Å². The van der Waals surface area contributed by atoms with Gasteiger partial charge in [-0.2, -0.15) is 0 Å². The molecule has 21 heavy (non-hydrogen) atoms. The Kier molecular flexibility index (Phi) is 7.67. The second-order valence-electron chi connectivity index (χ2n) is 6.98. The minimum atomic E-state index is -0.308. The fourth-order valence-electron chi connectivity index (χ4n) is 3.76. The molecule has 4 heteroatoms. The van der Waals surface area contributed by atoms with Crippen molar-refractivity contribution in [2.45, 2.75) is 52.4 Å². The van der Waals surface area contributed by atoms with E-state index in [4.69, 9.17) is 5.73 Å². The van der Waals surface area contributed by atoms with Crippen molar-refractivity contribution < 1.29 is 4.79 Å². The Morgan fingerprint density at radius 2 is 1.71 bits per heavy atom. The molecule has 0 unspecified atom stereocenters. The lowest BCUT2D eigenvalue weighted by Gasteiger charge is -2.40. The van der Waals surface area contributed by atoms with Crippen LogP contribution in [0.15, 0.2) is 0 Å². The molecule has 1 heterocycles. The first-order valence-corrected chi connectivity index (χ1v) is 8.63. The van der Waals surface area contributed by atoms with E-state index in [1.165, 1.54) is 0 Å². The molecule has 1 fully saturated rings. The van der Waals surface area contributed by atoms with Crippen LogP contribution < -0.4 is 5.73 Å². The summed E-state index contributed by atoms with van der Waals surface area (Å²) in [7, 11) is 4.25. The molecule has 1 amide bonds. The molecule has 0 aromatic carbocycles. The topological polar surface area (TPSA) is 49.6 Å². The van der Waals surface area contributed by atoms with E-state index in [1.54, 1.807) is 0 Å². The van der Waals surface area contributed by atoms with E-state index in [2.05, 4.69) is 37.7 Å². The normalized spacial score (nSPS) is 17.5. The van der Waals surface area contributed by atoms with Gasteiger partial charge in [0.2, 0.25) is 5.91 Å². The second kappa shape index (κ2) is 8.74. The van der Waals surface area contributed by atoms with Crippen LogP contribution in [0.25, 0.3) is 0 Å². The predicted octanol–water partition coefficient (Wildman–Crippen LogP) is 2.33. The zero-order valence-electron chi connectivity index (χ0n) is 14.5. The molecule has 0 spiro atoms. The highest BCUT2D eigenvalue weighted by molar-refractivity contribution is 5.83. The van der Waals surface area contributed by atoms with Crippen LogP contribution in [0, 0.1) is 11.3 Å². The number of piperidine rings is 1.